The highest BCUT2D eigenvalue weighted by Crippen LogP contribution is 2.57. The second-order valence-electron chi connectivity index (χ2n) is 21.3. The van der Waals surface area contributed by atoms with Gasteiger partial charge in [0.05, 0.1) is 11.4 Å². The van der Waals surface area contributed by atoms with Crippen LogP contribution in [0.5, 0.6) is 0 Å². The summed E-state index contributed by atoms with van der Waals surface area (Å²) in [4.78, 5) is 5.05. The number of furan rings is 2. The first-order valence-electron chi connectivity index (χ1n) is 23.4. The molecule has 0 amide bonds. The first-order chi connectivity index (χ1) is 31.8. The maximum absolute atomic E-state index is 7.52. The third-order valence-corrected chi connectivity index (χ3v) is 15.0. The molecule has 4 nitrogen and oxygen atoms in total. The number of anilines is 5. The average Bonchev–Trinajstić information content (AvgIpc) is 3.96. The summed E-state index contributed by atoms with van der Waals surface area (Å²) in [5.74, 6) is 0. The van der Waals surface area contributed by atoms with Crippen LogP contribution in [-0.4, -0.2) is 6.85 Å². The number of rotatable bonds is 3. The van der Waals surface area contributed by atoms with Crippen LogP contribution < -0.4 is 20.8 Å². The van der Waals surface area contributed by atoms with E-state index in [1.807, 2.05) is 0 Å². The maximum atomic E-state index is 7.52. The molecule has 0 N–H and O–H groups in total. The molecule has 0 saturated carbocycles. The van der Waals surface area contributed by atoms with Crippen molar-refractivity contribution in [2.45, 2.75) is 71.6 Å². The van der Waals surface area contributed by atoms with Gasteiger partial charge in [-0.05, 0) is 127 Å². The van der Waals surface area contributed by atoms with Gasteiger partial charge in [-0.15, -0.1) is 0 Å². The lowest BCUT2D eigenvalue weighted by atomic mass is 9.45. The van der Waals surface area contributed by atoms with Crippen molar-refractivity contribution < 1.29 is 8.83 Å². The minimum absolute atomic E-state index is 0.00211. The molecule has 1 aliphatic carbocycles. The topological polar surface area (TPSA) is 32.8 Å². The van der Waals surface area contributed by atoms with E-state index in [9.17, 15) is 0 Å². The minimum Gasteiger partial charge on any atom is -0.466 e. The summed E-state index contributed by atoms with van der Waals surface area (Å²) in [5, 5.41) is 3.27. The van der Waals surface area contributed by atoms with E-state index in [0.29, 0.717) is 0 Å². The van der Waals surface area contributed by atoms with Gasteiger partial charge in [0, 0.05) is 44.2 Å². The predicted octanol–water partition coefficient (Wildman–Crippen LogP) is 15.6. The van der Waals surface area contributed by atoms with E-state index in [1.165, 1.54) is 55.7 Å². The summed E-state index contributed by atoms with van der Waals surface area (Å²) in [6.45, 7) is 18.1. The number of hydrogen-bond donors (Lipinski definition) is 0. The van der Waals surface area contributed by atoms with Crippen LogP contribution in [0, 0.1) is 0 Å². The molecule has 10 aromatic rings. The van der Waals surface area contributed by atoms with Gasteiger partial charge in [-0.25, -0.2) is 0 Å². The van der Waals surface area contributed by atoms with Crippen molar-refractivity contribution in [3.63, 3.8) is 0 Å². The smallest absolute Gasteiger partial charge is 0.376 e. The monoisotopic (exact) mass is 854 g/mol. The van der Waals surface area contributed by atoms with Crippen LogP contribution in [0.4, 0.5) is 28.4 Å². The summed E-state index contributed by atoms with van der Waals surface area (Å²) >= 11 is 0. The van der Waals surface area contributed by atoms with E-state index in [1.54, 1.807) is 0 Å². The highest BCUT2D eigenvalue weighted by Gasteiger charge is 2.51. The lowest BCUT2D eigenvalue weighted by molar-refractivity contribution is 0.590. The van der Waals surface area contributed by atoms with Crippen molar-refractivity contribution in [3.05, 3.63) is 186 Å². The highest BCUT2D eigenvalue weighted by atomic mass is 16.3. The summed E-state index contributed by atoms with van der Waals surface area (Å²) < 4.78 is 14.7. The Bertz CT molecular complexity index is 3640. The highest BCUT2D eigenvalue weighted by molar-refractivity contribution is 6.93. The molecule has 13 rings (SSSR count). The van der Waals surface area contributed by atoms with Crippen LogP contribution in [0.1, 0.15) is 77.6 Å². The van der Waals surface area contributed by atoms with Gasteiger partial charge in [0.2, 0.25) is 0 Å². The van der Waals surface area contributed by atoms with E-state index in [2.05, 4.69) is 229 Å². The van der Waals surface area contributed by atoms with E-state index in [0.717, 1.165) is 72.4 Å². The Balaban J connectivity index is 1.19. The number of nitrogens with zero attached hydrogens (tertiary/aromatic N) is 2. The quantitative estimate of drug-likeness (QED) is 0.166. The van der Waals surface area contributed by atoms with Gasteiger partial charge in [-0.1, -0.05) is 159 Å². The Labute approximate surface area is 387 Å². The van der Waals surface area contributed by atoms with Crippen molar-refractivity contribution in [2.24, 2.45) is 0 Å². The van der Waals surface area contributed by atoms with Crippen LogP contribution >= 0.6 is 0 Å². The Morgan fingerprint density at radius 2 is 1.14 bits per heavy atom. The molecule has 0 unspecified atom stereocenters. The molecule has 5 heteroatoms. The molecule has 320 valence electrons. The molecule has 0 fully saturated rings. The molecule has 0 spiro atoms. The fourth-order valence-corrected chi connectivity index (χ4v) is 11.5. The van der Waals surface area contributed by atoms with Crippen LogP contribution in [0.15, 0.2) is 173 Å². The van der Waals surface area contributed by atoms with Crippen LogP contribution in [-0.2, 0) is 16.2 Å². The summed E-state index contributed by atoms with van der Waals surface area (Å²) in [6.07, 6.45) is 0. The lowest BCUT2D eigenvalue weighted by Gasteiger charge is -2.44. The first kappa shape index (κ1) is 39.2. The molecule has 2 aliphatic heterocycles. The number of benzene rings is 8. The first-order valence-corrected chi connectivity index (χ1v) is 23.4. The van der Waals surface area contributed by atoms with E-state index < -0.39 is 0 Å². The van der Waals surface area contributed by atoms with Gasteiger partial charge in [0.25, 0.3) is 0 Å². The fourth-order valence-electron chi connectivity index (χ4n) is 11.5. The van der Waals surface area contributed by atoms with Gasteiger partial charge in [0.15, 0.2) is 5.58 Å². The lowest BCUT2D eigenvalue weighted by Crippen LogP contribution is -2.61. The Hall–Kier alpha value is -7.24. The average molecular weight is 855 g/mol. The SMILES string of the molecule is CC(C)(C)c1ccc(N2B3c4oc5cc(-c6ccccc6)ccc5c4N(c4ccc(C(C)(C)C)cc4)c4c3c(cc3c4oc4ccccc43)-c3cc4c(cc32)C(C)(C)c2ccccc2-4)cc1. The van der Waals surface area contributed by atoms with Gasteiger partial charge in [-0.3, -0.25) is 0 Å². The molecule has 4 heterocycles. The number of fused-ring (bicyclic) bond motifs is 13. The molecule has 3 aliphatic rings. The Morgan fingerprint density at radius 1 is 0.470 bits per heavy atom. The summed E-state index contributed by atoms with van der Waals surface area (Å²) in [6, 6.07) is 60.8. The van der Waals surface area contributed by atoms with Crippen molar-refractivity contribution in [1.82, 2.24) is 0 Å². The largest absolute Gasteiger partial charge is 0.466 e. The van der Waals surface area contributed by atoms with Gasteiger partial charge in [0.1, 0.15) is 16.8 Å². The molecule has 0 bridgehead atoms. The second-order valence-corrected chi connectivity index (χ2v) is 21.3. The van der Waals surface area contributed by atoms with Crippen molar-refractivity contribution in [1.29, 1.82) is 0 Å². The summed E-state index contributed by atoms with van der Waals surface area (Å²) in [7, 11) is 0. The van der Waals surface area contributed by atoms with Crippen molar-refractivity contribution >= 4 is 79.3 Å². The minimum atomic E-state index is -0.335. The molecular weight excluding hydrogens is 803 g/mol. The molecule has 66 heavy (non-hydrogen) atoms. The van der Waals surface area contributed by atoms with E-state index in [-0.39, 0.29) is 23.1 Å². The zero-order valence-corrected chi connectivity index (χ0v) is 38.9. The third kappa shape index (κ3) is 5.46. The zero-order chi connectivity index (χ0) is 45.0. The molecule has 2 aromatic heterocycles. The number of hydrogen-bond acceptors (Lipinski definition) is 4. The van der Waals surface area contributed by atoms with Crippen LogP contribution in [0.25, 0.3) is 66.3 Å². The van der Waals surface area contributed by atoms with Crippen LogP contribution in [0.3, 0.4) is 0 Å². The second kappa shape index (κ2) is 13.4. The molecular formula is C61H51BN2O2. The maximum Gasteiger partial charge on any atom is 0.376 e. The Kier molecular flexibility index (Phi) is 7.96. The van der Waals surface area contributed by atoms with Crippen molar-refractivity contribution in [2.75, 3.05) is 9.71 Å². The van der Waals surface area contributed by atoms with E-state index in [4.69, 9.17) is 8.83 Å². The molecule has 0 radical (unpaired) electrons. The predicted molar refractivity (Wildman–Crippen MR) is 278 cm³/mol. The van der Waals surface area contributed by atoms with E-state index >= 15 is 0 Å². The number of para-hydroxylation sites is 1. The van der Waals surface area contributed by atoms with Crippen LogP contribution in [0.2, 0.25) is 0 Å². The Morgan fingerprint density at radius 3 is 1.86 bits per heavy atom. The fraction of sp³-hybridized carbons (Fsp3) is 0.180. The molecule has 0 saturated heterocycles. The van der Waals surface area contributed by atoms with Gasteiger partial charge < -0.3 is 18.5 Å². The standard InChI is InChI=1S/C61H51BN2O2/c1-59(2,3)38-23-27-40(28-24-38)63-55-44-31-22-37(36-16-10-9-11-17-36)32-53(44)66-58(55)62-54-47(34-48-43-19-13-15-21-52(43)65-57(48)56(54)63)46-33-45-42-18-12-14-20-49(42)61(7,8)50(45)35-51(46)64(62)41-29-25-39(26-30-41)60(4,5)6/h9-35H,1-8H3. The zero-order valence-electron chi connectivity index (χ0n) is 38.9. The van der Waals surface area contributed by atoms with Gasteiger partial charge in [-0.2, -0.15) is 0 Å². The van der Waals surface area contributed by atoms with Crippen molar-refractivity contribution in [3.8, 4) is 33.4 Å². The molecule has 0 atom stereocenters. The van der Waals surface area contributed by atoms with Gasteiger partial charge >= 0.3 is 6.85 Å². The third-order valence-electron chi connectivity index (χ3n) is 15.0. The summed E-state index contributed by atoms with van der Waals surface area (Å²) in [5.41, 5.74) is 22.5. The molecule has 8 aromatic carbocycles. The normalized spacial score (nSPS) is 14.7.